The van der Waals surface area contributed by atoms with Crippen molar-refractivity contribution in [3.63, 3.8) is 0 Å². The van der Waals surface area contributed by atoms with Crippen LogP contribution in [0.25, 0.3) is 0 Å². The van der Waals surface area contributed by atoms with E-state index in [2.05, 4.69) is 26.0 Å². The van der Waals surface area contributed by atoms with Crippen LogP contribution in [0, 0.1) is 0 Å². The topological polar surface area (TPSA) is 95.6 Å². The standard InChI is InChI=1S/C23H20BrN3O4S/c24-13-16-8-10-19(11-9-16)32(30,31)25-14-17-4-3-5-18(12-17)23(29)27-15-22(28)26-20-6-1-2-7-21(20)27/h1-12,25H,13-15H2,(H,26,28). The second-order valence-electron chi connectivity index (χ2n) is 7.26. The number of hydrogen-bond acceptors (Lipinski definition) is 4. The van der Waals surface area contributed by atoms with E-state index in [4.69, 9.17) is 0 Å². The fourth-order valence-corrected chi connectivity index (χ4v) is 4.80. The number of nitrogens with one attached hydrogen (secondary N) is 2. The number of rotatable bonds is 6. The van der Waals surface area contributed by atoms with Crippen molar-refractivity contribution in [1.29, 1.82) is 0 Å². The summed E-state index contributed by atoms with van der Waals surface area (Å²) in [6, 6.07) is 20.4. The normalized spacial score (nSPS) is 13.4. The molecule has 0 saturated carbocycles. The molecule has 0 atom stereocenters. The summed E-state index contributed by atoms with van der Waals surface area (Å²) in [6.07, 6.45) is 0. The van der Waals surface area contributed by atoms with Crippen LogP contribution in [-0.4, -0.2) is 26.8 Å². The van der Waals surface area contributed by atoms with E-state index >= 15 is 0 Å². The molecule has 0 radical (unpaired) electrons. The predicted octanol–water partition coefficient (Wildman–Crippen LogP) is 3.66. The Morgan fingerprint density at radius 2 is 1.75 bits per heavy atom. The van der Waals surface area contributed by atoms with E-state index in [9.17, 15) is 18.0 Å². The molecule has 164 valence electrons. The smallest absolute Gasteiger partial charge is 0.258 e. The molecule has 2 N–H and O–H groups in total. The van der Waals surface area contributed by atoms with Crippen molar-refractivity contribution in [1.82, 2.24) is 4.72 Å². The molecule has 0 fully saturated rings. The van der Waals surface area contributed by atoms with E-state index < -0.39 is 10.0 Å². The van der Waals surface area contributed by atoms with Crippen molar-refractivity contribution >= 4 is 49.1 Å². The summed E-state index contributed by atoms with van der Waals surface area (Å²) < 4.78 is 27.8. The van der Waals surface area contributed by atoms with E-state index in [0.29, 0.717) is 27.8 Å². The molecule has 1 aliphatic heterocycles. The van der Waals surface area contributed by atoms with Gasteiger partial charge in [0.05, 0.1) is 16.3 Å². The molecule has 9 heteroatoms. The quantitative estimate of drug-likeness (QED) is 0.491. The highest BCUT2D eigenvalue weighted by atomic mass is 79.9. The van der Waals surface area contributed by atoms with Gasteiger partial charge in [0, 0.05) is 17.4 Å². The fourth-order valence-electron chi connectivity index (χ4n) is 3.40. The van der Waals surface area contributed by atoms with E-state index in [-0.39, 0.29) is 29.8 Å². The zero-order valence-corrected chi connectivity index (χ0v) is 19.3. The molecule has 0 bridgehead atoms. The van der Waals surface area contributed by atoms with Crippen molar-refractivity contribution < 1.29 is 18.0 Å². The average molecular weight is 514 g/mol. The highest BCUT2D eigenvalue weighted by molar-refractivity contribution is 9.08. The highest BCUT2D eigenvalue weighted by Crippen LogP contribution is 2.30. The van der Waals surface area contributed by atoms with Gasteiger partial charge in [0.2, 0.25) is 15.9 Å². The second-order valence-corrected chi connectivity index (χ2v) is 9.59. The number of carbonyl (C=O) groups is 2. The van der Waals surface area contributed by atoms with Gasteiger partial charge in [-0.15, -0.1) is 0 Å². The van der Waals surface area contributed by atoms with Crippen molar-refractivity contribution in [2.75, 3.05) is 16.8 Å². The third kappa shape index (κ3) is 4.74. The molecular formula is C23H20BrN3O4S. The monoisotopic (exact) mass is 513 g/mol. The number of amides is 2. The number of para-hydroxylation sites is 2. The Balaban J connectivity index is 1.51. The third-order valence-electron chi connectivity index (χ3n) is 5.04. The highest BCUT2D eigenvalue weighted by Gasteiger charge is 2.27. The Morgan fingerprint density at radius 3 is 2.50 bits per heavy atom. The number of carbonyl (C=O) groups excluding carboxylic acids is 2. The van der Waals surface area contributed by atoms with Gasteiger partial charge in [0.1, 0.15) is 6.54 Å². The van der Waals surface area contributed by atoms with E-state index in [1.165, 1.54) is 4.90 Å². The van der Waals surface area contributed by atoms with Gasteiger partial charge in [-0.25, -0.2) is 13.1 Å². The predicted molar refractivity (Wildman–Crippen MR) is 126 cm³/mol. The zero-order chi connectivity index (χ0) is 22.7. The Kier molecular flexibility index (Phi) is 6.40. The Bertz CT molecular complexity index is 1280. The average Bonchev–Trinajstić information content (AvgIpc) is 2.82. The molecule has 1 aliphatic rings. The first-order chi connectivity index (χ1) is 15.4. The maximum Gasteiger partial charge on any atom is 0.258 e. The van der Waals surface area contributed by atoms with Crippen LogP contribution in [0.5, 0.6) is 0 Å². The number of sulfonamides is 1. The molecule has 1 heterocycles. The van der Waals surface area contributed by atoms with Crippen LogP contribution in [0.2, 0.25) is 0 Å². The van der Waals surface area contributed by atoms with Crippen LogP contribution in [0.15, 0.2) is 77.7 Å². The summed E-state index contributed by atoms with van der Waals surface area (Å²) in [4.78, 5) is 26.8. The van der Waals surface area contributed by atoms with Gasteiger partial charge in [-0.05, 0) is 47.5 Å². The van der Waals surface area contributed by atoms with Crippen molar-refractivity contribution in [3.05, 3.63) is 89.5 Å². The maximum absolute atomic E-state index is 13.1. The molecule has 7 nitrogen and oxygen atoms in total. The largest absolute Gasteiger partial charge is 0.323 e. The van der Waals surface area contributed by atoms with Gasteiger partial charge in [0.15, 0.2) is 0 Å². The summed E-state index contributed by atoms with van der Waals surface area (Å²) in [5.74, 6) is -0.603. The SMILES string of the molecule is O=C1CN(C(=O)c2cccc(CNS(=O)(=O)c3ccc(CBr)cc3)c2)c2ccccc2N1. The molecule has 0 saturated heterocycles. The maximum atomic E-state index is 13.1. The summed E-state index contributed by atoms with van der Waals surface area (Å²) in [7, 11) is -3.70. The third-order valence-corrected chi connectivity index (χ3v) is 7.11. The lowest BCUT2D eigenvalue weighted by Gasteiger charge is -2.29. The fraction of sp³-hybridized carbons (Fsp3) is 0.130. The lowest BCUT2D eigenvalue weighted by molar-refractivity contribution is -0.115. The number of anilines is 2. The van der Waals surface area contributed by atoms with Gasteiger partial charge in [0.25, 0.3) is 5.91 Å². The van der Waals surface area contributed by atoms with Crippen LogP contribution < -0.4 is 14.9 Å². The second kappa shape index (κ2) is 9.23. The van der Waals surface area contributed by atoms with Crippen molar-refractivity contribution in [2.45, 2.75) is 16.8 Å². The Morgan fingerprint density at radius 1 is 1.00 bits per heavy atom. The number of fused-ring (bicyclic) bond motifs is 1. The Labute approximate surface area is 194 Å². The van der Waals surface area contributed by atoms with Gasteiger partial charge < -0.3 is 5.32 Å². The summed E-state index contributed by atoms with van der Waals surface area (Å²) in [5.41, 5.74) is 3.17. The summed E-state index contributed by atoms with van der Waals surface area (Å²) >= 11 is 3.34. The van der Waals surface area contributed by atoms with E-state index in [0.717, 1.165) is 5.56 Å². The number of nitrogens with zero attached hydrogens (tertiary/aromatic N) is 1. The number of alkyl halides is 1. The van der Waals surface area contributed by atoms with Gasteiger partial charge in [-0.2, -0.15) is 0 Å². The number of benzene rings is 3. The lowest BCUT2D eigenvalue weighted by Crippen LogP contribution is -2.42. The molecule has 2 amide bonds. The Hall–Kier alpha value is -3.01. The molecule has 3 aromatic rings. The van der Waals surface area contributed by atoms with Gasteiger partial charge >= 0.3 is 0 Å². The number of hydrogen-bond donors (Lipinski definition) is 2. The van der Waals surface area contributed by atoms with E-state index in [1.54, 1.807) is 72.8 Å². The summed E-state index contributed by atoms with van der Waals surface area (Å²) in [5, 5.41) is 3.40. The molecule has 3 aromatic carbocycles. The molecule has 0 unspecified atom stereocenters. The van der Waals surface area contributed by atoms with Crippen LogP contribution in [-0.2, 0) is 26.7 Å². The molecular weight excluding hydrogens is 494 g/mol. The molecule has 0 aliphatic carbocycles. The molecule has 32 heavy (non-hydrogen) atoms. The summed E-state index contributed by atoms with van der Waals surface area (Å²) in [6.45, 7) is -0.0577. The van der Waals surface area contributed by atoms with Crippen LogP contribution in [0.1, 0.15) is 21.5 Å². The van der Waals surface area contributed by atoms with Crippen LogP contribution >= 0.6 is 15.9 Å². The van der Waals surface area contributed by atoms with Crippen molar-refractivity contribution in [2.24, 2.45) is 0 Å². The minimum atomic E-state index is -3.70. The van der Waals surface area contributed by atoms with Crippen molar-refractivity contribution in [3.8, 4) is 0 Å². The lowest BCUT2D eigenvalue weighted by atomic mass is 10.1. The zero-order valence-electron chi connectivity index (χ0n) is 16.9. The van der Waals surface area contributed by atoms with Crippen LogP contribution in [0.3, 0.4) is 0 Å². The first-order valence-electron chi connectivity index (χ1n) is 9.81. The van der Waals surface area contributed by atoms with Gasteiger partial charge in [-0.1, -0.05) is 52.3 Å². The van der Waals surface area contributed by atoms with Crippen LogP contribution in [0.4, 0.5) is 11.4 Å². The molecule has 0 spiro atoms. The van der Waals surface area contributed by atoms with E-state index in [1.807, 2.05) is 0 Å². The minimum Gasteiger partial charge on any atom is -0.323 e. The first kappa shape index (κ1) is 22.2. The minimum absolute atomic E-state index is 0.0285. The first-order valence-corrected chi connectivity index (χ1v) is 12.4. The van der Waals surface area contributed by atoms with Gasteiger partial charge in [-0.3, -0.25) is 14.5 Å². The molecule has 4 rings (SSSR count). The molecule has 0 aromatic heterocycles. The number of halogens is 1.